The van der Waals surface area contributed by atoms with Gasteiger partial charge in [-0.25, -0.2) is 9.59 Å². The van der Waals surface area contributed by atoms with Crippen molar-refractivity contribution in [2.45, 2.75) is 120 Å². The van der Waals surface area contributed by atoms with Gasteiger partial charge in [-0.2, -0.15) is 0 Å². The lowest BCUT2D eigenvalue weighted by Crippen LogP contribution is -2.62. The Kier molecular flexibility index (Phi) is 14.8. The smallest absolute Gasteiger partial charge is 0.340 e. The number of aliphatic hydroxyl groups is 3. The molecule has 9 atom stereocenters. The highest BCUT2D eigenvalue weighted by Crippen LogP contribution is 2.56. The van der Waals surface area contributed by atoms with E-state index in [2.05, 4.69) is 97.1 Å². The maximum Gasteiger partial charge on any atom is 0.340 e. The van der Waals surface area contributed by atoms with Crippen molar-refractivity contribution in [1.82, 2.24) is 0 Å². The summed E-state index contributed by atoms with van der Waals surface area (Å²) in [5, 5.41) is 32.1. The normalized spacial score (nSPS) is 27.2. The maximum absolute atomic E-state index is 15.4. The van der Waals surface area contributed by atoms with Gasteiger partial charge in [-0.3, -0.25) is 4.79 Å². The van der Waals surface area contributed by atoms with Crippen molar-refractivity contribution >= 4 is 22.9 Å². The molecule has 1 fully saturated rings. The summed E-state index contributed by atoms with van der Waals surface area (Å²) in [5.74, 6) is -1.73. The van der Waals surface area contributed by atoms with Crippen LogP contribution in [0.4, 0.5) is 0 Å². The first-order valence-electron chi connectivity index (χ1n) is 25.9. The average Bonchev–Trinajstić information content (AvgIpc) is 3.39. The molecule has 72 heavy (non-hydrogen) atoms. The molecule has 11 rings (SSSR count). The molecule has 11 nitrogen and oxygen atoms in total. The van der Waals surface area contributed by atoms with Crippen molar-refractivity contribution in [2.75, 3.05) is 26.9 Å². The molecule has 1 aromatic heterocycles. The van der Waals surface area contributed by atoms with Crippen molar-refractivity contribution in [1.29, 1.82) is 0 Å². The van der Waals surface area contributed by atoms with Gasteiger partial charge in [0.25, 0.3) is 0 Å². The summed E-state index contributed by atoms with van der Waals surface area (Å²) in [4.78, 5) is 44.9. The number of rotatable bonds is 10. The Morgan fingerprint density at radius 2 is 1.65 bits per heavy atom. The topological polar surface area (TPSA) is 162 Å². The summed E-state index contributed by atoms with van der Waals surface area (Å²) in [7, 11) is 1.51. The van der Waals surface area contributed by atoms with E-state index < -0.39 is 47.9 Å². The molecule has 2 bridgehead atoms. The molecule has 0 amide bonds. The lowest BCUT2D eigenvalue weighted by molar-refractivity contribution is -0.208. The molecule has 1 spiro atoms. The van der Waals surface area contributed by atoms with E-state index in [9.17, 15) is 20.1 Å². The molecule has 376 valence electrons. The highest BCUT2D eigenvalue weighted by molar-refractivity contribution is 5.90. The number of fused-ring (bicyclic) bond motifs is 13. The standard InChI is InChI=1S/C61H66O11/c1-37(34-63)47-23-19-38-17-20-41(21-18-38)48-24-22-44(43-14-8-12-40(31-43)30-39-10-4-3-5-11-39)32-46(48)33-53(65)69-57-55-52(72-61(58(57)71-59(47)66)28-9-15-42-13-6-7-16-51(42)61)26-25-49-50(35-64)54(60(67)70-56(49)55)45(27-29-62)36-68-2/h3-5,8-12,14-15,17-18,20-22,24-26,31,42,44-46,48,51,57-58,62-64H,6-7,13,16,19,23,27-30,32-36H2,1-2H3. The van der Waals surface area contributed by atoms with Gasteiger partial charge in [0, 0.05) is 66.8 Å². The number of aliphatic hydroxyl groups excluding tert-OH is 3. The number of hydrogen-bond donors (Lipinski definition) is 3. The highest BCUT2D eigenvalue weighted by atomic mass is 16.6. The van der Waals surface area contributed by atoms with Crippen LogP contribution in [-0.2, 0) is 43.2 Å². The molecule has 11 heteroatoms. The number of carbonyl (C=O) groups is 2. The maximum atomic E-state index is 15.4. The fraction of sp³-hybridized carbons (Fsp3) is 0.426. The largest absolute Gasteiger partial charge is 0.482 e. The van der Waals surface area contributed by atoms with Crippen LogP contribution >= 0.6 is 0 Å². The van der Waals surface area contributed by atoms with E-state index in [1.165, 1.54) is 23.8 Å². The number of allylic oxidation sites excluding steroid dienone is 3. The van der Waals surface area contributed by atoms with E-state index in [0.717, 1.165) is 43.2 Å². The summed E-state index contributed by atoms with van der Waals surface area (Å²) in [6, 6.07) is 31.0. The van der Waals surface area contributed by atoms with E-state index in [0.29, 0.717) is 47.1 Å². The molecule has 4 heterocycles. The van der Waals surface area contributed by atoms with E-state index in [1.807, 2.05) is 6.07 Å². The Morgan fingerprint density at radius 1 is 0.847 bits per heavy atom. The number of benzene rings is 4. The second-order valence-corrected chi connectivity index (χ2v) is 20.7. The minimum absolute atomic E-state index is 0.0229. The molecule has 3 aliphatic heterocycles. The van der Waals surface area contributed by atoms with Gasteiger partial charge < -0.3 is 38.7 Å². The second kappa shape index (κ2) is 21.5. The number of aryl methyl sites for hydroxylation is 1. The van der Waals surface area contributed by atoms with Crippen molar-refractivity contribution in [3.63, 3.8) is 0 Å². The van der Waals surface area contributed by atoms with E-state index in [1.54, 1.807) is 19.1 Å². The van der Waals surface area contributed by atoms with Gasteiger partial charge in [-0.1, -0.05) is 116 Å². The Morgan fingerprint density at radius 3 is 2.43 bits per heavy atom. The zero-order chi connectivity index (χ0) is 49.9. The molecular formula is C61H66O11. The number of esters is 2. The molecule has 5 aromatic rings. The Labute approximate surface area is 421 Å². The van der Waals surface area contributed by atoms with Gasteiger partial charge in [0.1, 0.15) is 11.3 Å². The second-order valence-electron chi connectivity index (χ2n) is 20.7. The van der Waals surface area contributed by atoms with Crippen LogP contribution in [0.2, 0.25) is 0 Å². The van der Waals surface area contributed by atoms with Crippen molar-refractivity contribution in [3.05, 3.63) is 181 Å². The zero-order valence-electron chi connectivity index (χ0n) is 41.3. The predicted octanol–water partition coefficient (Wildman–Crippen LogP) is 10.2. The first-order chi connectivity index (χ1) is 35.1. The van der Waals surface area contributed by atoms with Crippen LogP contribution in [0.15, 0.2) is 136 Å². The molecule has 3 aliphatic carbocycles. The van der Waals surface area contributed by atoms with Gasteiger partial charge in [0.2, 0.25) is 0 Å². The van der Waals surface area contributed by atoms with Crippen molar-refractivity contribution in [3.8, 4) is 5.75 Å². The third-order valence-corrected chi connectivity index (χ3v) is 16.4. The summed E-state index contributed by atoms with van der Waals surface area (Å²) >= 11 is 0. The average molecular weight is 975 g/mol. The lowest BCUT2D eigenvalue weighted by Gasteiger charge is -2.54. The van der Waals surface area contributed by atoms with Crippen molar-refractivity contribution in [2.24, 2.45) is 17.8 Å². The van der Waals surface area contributed by atoms with Crippen molar-refractivity contribution < 1.29 is 48.3 Å². The van der Waals surface area contributed by atoms with Crippen LogP contribution < -0.4 is 10.4 Å². The number of ether oxygens (including phenoxy) is 4. The Balaban J connectivity index is 1.13. The molecule has 3 N–H and O–H groups in total. The SMILES string of the molecule is COCC(CCO)c1c(CO)c2ccc3c(c2oc1=O)C1OC(=O)CC2CC(c4cccc(Cc5ccccc5)c4)C=CC2c2ccc(cc2)CCC(=C(C)CO)C(=O)OC1C1(CC=CC2CCCCC21)O3. The van der Waals surface area contributed by atoms with E-state index >= 15 is 9.59 Å². The molecule has 9 unspecified atom stereocenters. The van der Waals surface area contributed by atoms with Crippen LogP contribution in [0.25, 0.3) is 11.0 Å². The van der Waals surface area contributed by atoms with Gasteiger partial charge in [0.05, 0.1) is 25.4 Å². The summed E-state index contributed by atoms with van der Waals surface area (Å²) in [5.41, 5.74) is 5.33. The third kappa shape index (κ3) is 9.64. The zero-order valence-corrected chi connectivity index (χ0v) is 41.3. The lowest BCUT2D eigenvalue weighted by atomic mass is 9.62. The van der Waals surface area contributed by atoms with Crippen LogP contribution in [-0.4, -0.2) is 65.9 Å². The van der Waals surface area contributed by atoms with Crippen LogP contribution in [0.3, 0.4) is 0 Å². The summed E-state index contributed by atoms with van der Waals surface area (Å²) in [6.45, 7) is 0.700. The minimum Gasteiger partial charge on any atom is -0.482 e. The van der Waals surface area contributed by atoms with Gasteiger partial charge in [0.15, 0.2) is 17.8 Å². The molecular weight excluding hydrogens is 909 g/mol. The van der Waals surface area contributed by atoms with Crippen LogP contribution in [0.5, 0.6) is 5.75 Å². The summed E-state index contributed by atoms with van der Waals surface area (Å²) < 4.78 is 33.0. The van der Waals surface area contributed by atoms with Crippen LogP contribution in [0, 0.1) is 17.8 Å². The molecule has 4 aromatic carbocycles. The number of hydrogen-bond acceptors (Lipinski definition) is 11. The van der Waals surface area contributed by atoms with Gasteiger partial charge >= 0.3 is 17.6 Å². The fourth-order valence-corrected chi connectivity index (χ4v) is 12.8. The first kappa shape index (κ1) is 49.5. The van der Waals surface area contributed by atoms with Crippen LogP contribution in [0.1, 0.15) is 133 Å². The summed E-state index contributed by atoms with van der Waals surface area (Å²) in [6.07, 6.45) is 12.8. The Hall–Kier alpha value is -6.11. The predicted molar refractivity (Wildman–Crippen MR) is 274 cm³/mol. The quantitative estimate of drug-likeness (QED) is 0.0529. The molecule has 0 radical (unpaired) electrons. The molecule has 1 saturated carbocycles. The fourth-order valence-electron chi connectivity index (χ4n) is 12.8. The third-order valence-electron chi connectivity index (χ3n) is 16.4. The first-order valence-corrected chi connectivity index (χ1v) is 25.9. The van der Waals surface area contributed by atoms with E-state index in [-0.39, 0.29) is 85.4 Å². The Bertz CT molecular complexity index is 2930. The minimum atomic E-state index is -1.32. The van der Waals surface area contributed by atoms with E-state index in [4.69, 9.17) is 23.4 Å². The molecule has 0 saturated heterocycles. The van der Waals surface area contributed by atoms with Gasteiger partial charge in [-0.05, 0) is 115 Å². The highest BCUT2D eigenvalue weighted by Gasteiger charge is 2.61. The monoisotopic (exact) mass is 974 g/mol. The number of carbonyl (C=O) groups excluding carboxylic acids is 2. The van der Waals surface area contributed by atoms with Gasteiger partial charge in [-0.15, -0.1) is 0 Å². The number of methoxy groups -OCH3 is 1. The molecule has 6 aliphatic rings.